The van der Waals surface area contributed by atoms with E-state index in [0.29, 0.717) is 17.4 Å². The summed E-state index contributed by atoms with van der Waals surface area (Å²) in [7, 11) is -0.338. The molecule has 2 N–H and O–H groups in total. The Hall–Kier alpha value is -4.36. The first kappa shape index (κ1) is 27.2. The van der Waals surface area contributed by atoms with Crippen LogP contribution in [0.2, 0.25) is 0 Å². The van der Waals surface area contributed by atoms with Crippen molar-refractivity contribution in [2.45, 2.75) is 4.90 Å². The minimum Gasteiger partial charge on any atom is -0.369 e. The molecule has 1 fully saturated rings. The van der Waals surface area contributed by atoms with Gasteiger partial charge >= 0.3 is 0 Å². The van der Waals surface area contributed by atoms with Crippen molar-refractivity contribution < 1.29 is 17.2 Å². The minimum absolute atomic E-state index is 0.273. The third-order valence-corrected chi connectivity index (χ3v) is 7.83. The van der Waals surface area contributed by atoms with Gasteiger partial charge in [0.1, 0.15) is 22.3 Å². The second-order valence-corrected chi connectivity index (χ2v) is 11.2. The lowest BCUT2D eigenvalue weighted by atomic mass is 10.2. The molecule has 1 aliphatic heterocycles. The number of sulfone groups is 1. The normalized spacial score (nSPS) is 14.6. The Balaban J connectivity index is 1.39. The maximum absolute atomic E-state index is 14.1. The Labute approximate surface area is 230 Å². The van der Waals surface area contributed by atoms with Gasteiger partial charge in [0.05, 0.1) is 0 Å². The Morgan fingerprint density at radius 2 is 1.70 bits per heavy atom. The lowest BCUT2D eigenvalue weighted by Crippen LogP contribution is -2.44. The number of hydrogen-bond acceptors (Lipinski definition) is 9. The van der Waals surface area contributed by atoms with Crippen molar-refractivity contribution in [3.8, 4) is 0 Å². The number of aryl methyl sites for hydroxylation is 1. The van der Waals surface area contributed by atoms with E-state index in [9.17, 15) is 17.2 Å². The van der Waals surface area contributed by atoms with Crippen molar-refractivity contribution in [3.05, 3.63) is 83.5 Å². The van der Waals surface area contributed by atoms with Crippen LogP contribution in [0.3, 0.4) is 0 Å². The van der Waals surface area contributed by atoms with Gasteiger partial charge in [-0.05, 0) is 49.5 Å². The maximum atomic E-state index is 14.1. The van der Waals surface area contributed by atoms with Gasteiger partial charge in [-0.25, -0.2) is 22.2 Å². The Bertz CT molecular complexity index is 1630. The second-order valence-electron chi connectivity index (χ2n) is 9.38. The van der Waals surface area contributed by atoms with Crippen LogP contribution in [-0.4, -0.2) is 66.3 Å². The average Bonchev–Trinajstić information content (AvgIpc) is 3.33. The number of nitrogens with one attached hydrogen (secondary N) is 2. The number of aromatic nitrogens is 4. The highest BCUT2D eigenvalue weighted by molar-refractivity contribution is 7.94. The van der Waals surface area contributed by atoms with Crippen molar-refractivity contribution in [3.63, 3.8) is 0 Å². The molecule has 5 rings (SSSR count). The first-order valence-corrected chi connectivity index (χ1v) is 14.0. The van der Waals surface area contributed by atoms with Gasteiger partial charge in [0.2, 0.25) is 15.8 Å². The lowest BCUT2D eigenvalue weighted by molar-refractivity contribution is 0.313. The van der Waals surface area contributed by atoms with Crippen molar-refractivity contribution in [1.29, 1.82) is 0 Å². The molecule has 0 atom stereocenters. The molecule has 10 nitrogen and oxygen atoms in total. The quantitative estimate of drug-likeness (QED) is 0.304. The molecule has 40 heavy (non-hydrogen) atoms. The Morgan fingerprint density at radius 3 is 2.38 bits per heavy atom. The molecular weight excluding hydrogens is 538 g/mol. The van der Waals surface area contributed by atoms with Crippen molar-refractivity contribution >= 4 is 44.9 Å². The van der Waals surface area contributed by atoms with Gasteiger partial charge in [-0.15, -0.1) is 0 Å². The summed E-state index contributed by atoms with van der Waals surface area (Å²) in [6, 6.07) is 12.0. The molecule has 0 saturated carbocycles. The highest BCUT2D eigenvalue weighted by atomic mass is 32.2. The Kier molecular flexibility index (Phi) is 7.76. The van der Waals surface area contributed by atoms with Gasteiger partial charge in [-0.1, -0.05) is 0 Å². The molecule has 0 bridgehead atoms. The smallest absolute Gasteiger partial charge is 0.229 e. The molecule has 2 aromatic carbocycles. The third-order valence-electron chi connectivity index (χ3n) is 6.40. The van der Waals surface area contributed by atoms with E-state index in [-0.39, 0.29) is 11.8 Å². The van der Waals surface area contributed by atoms with Gasteiger partial charge in [0.15, 0.2) is 5.82 Å². The number of benzene rings is 2. The van der Waals surface area contributed by atoms with Crippen LogP contribution in [-0.2, 0) is 16.9 Å². The fraction of sp³-hybridized carbons (Fsp3) is 0.222. The number of anilines is 5. The van der Waals surface area contributed by atoms with Crippen molar-refractivity contribution in [2.75, 3.05) is 48.8 Å². The van der Waals surface area contributed by atoms with E-state index in [2.05, 4.69) is 42.5 Å². The van der Waals surface area contributed by atoms with E-state index >= 15 is 0 Å². The monoisotopic (exact) mass is 566 g/mol. The summed E-state index contributed by atoms with van der Waals surface area (Å²) in [5, 5.41) is 11.3. The van der Waals surface area contributed by atoms with E-state index < -0.39 is 26.4 Å². The zero-order valence-electron chi connectivity index (χ0n) is 21.9. The molecule has 1 aliphatic rings. The molecule has 0 radical (unpaired) electrons. The minimum atomic E-state index is -4.21. The zero-order valence-corrected chi connectivity index (χ0v) is 22.7. The third kappa shape index (κ3) is 6.43. The lowest BCUT2D eigenvalue weighted by Gasteiger charge is -2.34. The SMILES string of the molecule is CN1CCN(c2ccc(Nc3ncc(/C=C/S(=O)(=O)c4ccc(F)cc4F)c(Nc4ccn(C)n4)n3)cc2)CC1. The summed E-state index contributed by atoms with van der Waals surface area (Å²) in [5.74, 6) is -1.02. The predicted molar refractivity (Wildman–Crippen MR) is 151 cm³/mol. The van der Waals surface area contributed by atoms with E-state index in [0.717, 1.165) is 55.1 Å². The summed E-state index contributed by atoms with van der Waals surface area (Å²) < 4.78 is 54.5. The van der Waals surface area contributed by atoms with Crippen LogP contribution in [0, 0.1) is 11.6 Å². The molecule has 0 unspecified atom stereocenters. The van der Waals surface area contributed by atoms with E-state index in [1.165, 1.54) is 12.3 Å². The second kappa shape index (κ2) is 11.4. The molecule has 3 heterocycles. The van der Waals surface area contributed by atoms with Crippen LogP contribution < -0.4 is 15.5 Å². The Morgan fingerprint density at radius 1 is 0.950 bits per heavy atom. The largest absolute Gasteiger partial charge is 0.369 e. The first-order chi connectivity index (χ1) is 19.2. The summed E-state index contributed by atoms with van der Waals surface area (Å²) >= 11 is 0. The van der Waals surface area contributed by atoms with Crippen LogP contribution in [0.15, 0.2) is 71.2 Å². The fourth-order valence-corrected chi connectivity index (χ4v) is 5.23. The van der Waals surface area contributed by atoms with Crippen molar-refractivity contribution in [1.82, 2.24) is 24.6 Å². The first-order valence-electron chi connectivity index (χ1n) is 12.5. The highest BCUT2D eigenvalue weighted by Crippen LogP contribution is 2.25. The molecular formula is C27H28F2N8O2S. The van der Waals surface area contributed by atoms with E-state index in [4.69, 9.17) is 0 Å². The number of rotatable bonds is 8. The summed E-state index contributed by atoms with van der Waals surface area (Å²) in [6.07, 6.45) is 4.42. The van der Waals surface area contributed by atoms with Crippen LogP contribution in [0.5, 0.6) is 0 Å². The summed E-state index contributed by atoms with van der Waals surface area (Å²) in [5.41, 5.74) is 2.23. The standard InChI is InChI=1S/C27H28F2N8O2S/c1-35-12-14-37(15-13-35)22-6-4-21(5-7-22)31-27-30-18-19(26(33-27)32-25-9-11-36(2)34-25)10-16-40(38,39)24-8-3-20(28)17-23(24)29/h3-11,16-18H,12-15H2,1-2H3,(H2,30,31,32,33,34)/b16-10+. The molecule has 208 valence electrons. The number of piperazine rings is 1. The van der Waals surface area contributed by atoms with Gasteiger partial charge in [-0.2, -0.15) is 10.1 Å². The van der Waals surface area contributed by atoms with Gasteiger partial charge in [0, 0.05) is 80.1 Å². The predicted octanol–water partition coefficient (Wildman–Crippen LogP) is 4.17. The zero-order chi connectivity index (χ0) is 28.3. The van der Waals surface area contributed by atoms with Crippen LogP contribution in [0.1, 0.15) is 5.56 Å². The molecule has 2 aromatic heterocycles. The number of halogens is 2. The van der Waals surface area contributed by atoms with Gasteiger partial charge in [-0.3, -0.25) is 4.68 Å². The fourth-order valence-electron chi connectivity index (χ4n) is 4.17. The molecule has 4 aromatic rings. The average molecular weight is 567 g/mol. The van der Waals surface area contributed by atoms with Crippen LogP contribution >= 0.6 is 0 Å². The van der Waals surface area contributed by atoms with Gasteiger partial charge in [0.25, 0.3) is 0 Å². The molecule has 13 heteroatoms. The topological polar surface area (TPSA) is 108 Å². The number of likely N-dealkylation sites (N-methyl/N-ethyl adjacent to an activating group) is 1. The molecule has 0 amide bonds. The molecule has 1 saturated heterocycles. The van der Waals surface area contributed by atoms with Gasteiger partial charge < -0.3 is 20.4 Å². The van der Waals surface area contributed by atoms with Crippen molar-refractivity contribution in [2.24, 2.45) is 7.05 Å². The van der Waals surface area contributed by atoms with Crippen LogP contribution in [0.25, 0.3) is 6.08 Å². The highest BCUT2D eigenvalue weighted by Gasteiger charge is 2.18. The number of hydrogen-bond donors (Lipinski definition) is 2. The maximum Gasteiger partial charge on any atom is 0.229 e. The summed E-state index contributed by atoms with van der Waals surface area (Å²) in [6.45, 7) is 3.96. The summed E-state index contributed by atoms with van der Waals surface area (Å²) in [4.78, 5) is 12.9. The number of nitrogens with zero attached hydrogens (tertiary/aromatic N) is 6. The van der Waals surface area contributed by atoms with E-state index in [1.807, 2.05) is 24.3 Å². The molecule has 0 spiro atoms. The van der Waals surface area contributed by atoms with E-state index in [1.54, 1.807) is 24.0 Å². The molecule has 0 aliphatic carbocycles. The van der Waals surface area contributed by atoms with Crippen LogP contribution in [0.4, 0.5) is 37.7 Å².